The lowest BCUT2D eigenvalue weighted by Crippen LogP contribution is -2.60. The Balaban J connectivity index is 1.61. The van der Waals surface area contributed by atoms with E-state index in [0.29, 0.717) is 49.0 Å². The number of hydrogen-bond donors (Lipinski definition) is 2. The molecule has 0 radical (unpaired) electrons. The van der Waals surface area contributed by atoms with Crippen LogP contribution in [0, 0.1) is 17.8 Å². The number of anilines is 1. The van der Waals surface area contributed by atoms with Crippen molar-refractivity contribution in [2.45, 2.75) is 75.9 Å². The molecule has 2 amide bonds. The van der Waals surface area contributed by atoms with Crippen molar-refractivity contribution in [1.82, 2.24) is 9.62 Å². The first-order valence-electron chi connectivity index (χ1n) is 16.7. The van der Waals surface area contributed by atoms with Crippen molar-refractivity contribution in [3.63, 3.8) is 0 Å². The molecule has 0 unspecified atom stereocenters. The van der Waals surface area contributed by atoms with Gasteiger partial charge in [0.15, 0.2) is 6.10 Å². The molecule has 2 N–H and O–H groups in total. The zero-order chi connectivity index (χ0) is 34.8. The van der Waals surface area contributed by atoms with Gasteiger partial charge in [0.25, 0.3) is 11.8 Å². The van der Waals surface area contributed by atoms with Crippen molar-refractivity contribution in [3.8, 4) is 5.75 Å². The number of ether oxygens (including phenoxy) is 2. The van der Waals surface area contributed by atoms with Gasteiger partial charge in [-0.2, -0.15) is 0 Å². The highest BCUT2D eigenvalue weighted by Crippen LogP contribution is 2.47. The number of fused-ring (bicyclic) bond motifs is 3. The number of nitrogens with one attached hydrogen (secondary N) is 1. The SMILES string of the molecule is CO[C@@H](C(=O)N(C)C)[C@]1(O)/C=C/C[C@H](C)[C@@H](C)S(=O)(=O)NC(=O)c2ccc3c(c2)N(CCCCc2cc(Cl)ccc2CO3)C[C@@H]2CC[C@H]21. The number of rotatable bonds is 3. The van der Waals surface area contributed by atoms with Crippen LogP contribution in [0.2, 0.25) is 5.02 Å². The summed E-state index contributed by atoms with van der Waals surface area (Å²) in [5.41, 5.74) is 1.39. The number of hydrogen-bond acceptors (Lipinski definition) is 8. The van der Waals surface area contributed by atoms with Crippen LogP contribution in [0.4, 0.5) is 5.69 Å². The van der Waals surface area contributed by atoms with E-state index in [2.05, 4.69) is 9.62 Å². The molecule has 2 bridgehead atoms. The van der Waals surface area contributed by atoms with Crippen LogP contribution in [0.5, 0.6) is 5.75 Å². The summed E-state index contributed by atoms with van der Waals surface area (Å²) in [6, 6.07) is 10.8. The number of benzene rings is 2. The number of amides is 2. The second-order valence-electron chi connectivity index (χ2n) is 13.8. The molecule has 5 rings (SSSR count). The van der Waals surface area contributed by atoms with E-state index in [9.17, 15) is 23.1 Å². The molecular formula is C36H48ClN3O7S. The second kappa shape index (κ2) is 14.8. The minimum Gasteiger partial charge on any atom is -0.487 e. The molecule has 48 heavy (non-hydrogen) atoms. The molecular weight excluding hydrogens is 654 g/mol. The van der Waals surface area contributed by atoms with Gasteiger partial charge in [0.2, 0.25) is 10.0 Å². The van der Waals surface area contributed by atoms with Gasteiger partial charge in [-0.3, -0.25) is 9.59 Å². The van der Waals surface area contributed by atoms with E-state index in [-0.39, 0.29) is 23.3 Å². The molecule has 10 nitrogen and oxygen atoms in total. The van der Waals surface area contributed by atoms with Crippen LogP contribution in [0.1, 0.15) is 67.4 Å². The molecule has 262 valence electrons. The van der Waals surface area contributed by atoms with Gasteiger partial charge in [-0.15, -0.1) is 0 Å². The maximum atomic E-state index is 13.5. The Labute approximate surface area is 289 Å². The van der Waals surface area contributed by atoms with E-state index in [1.165, 1.54) is 12.0 Å². The molecule has 0 saturated heterocycles. The van der Waals surface area contributed by atoms with E-state index in [0.717, 1.165) is 36.8 Å². The average molecular weight is 702 g/mol. The number of carbonyl (C=O) groups is 2. The number of nitrogens with zero attached hydrogens (tertiary/aromatic N) is 2. The minimum atomic E-state index is -4.06. The number of aryl methyl sites for hydroxylation is 1. The predicted molar refractivity (Wildman–Crippen MR) is 187 cm³/mol. The summed E-state index contributed by atoms with van der Waals surface area (Å²) in [6.07, 6.45) is 6.59. The second-order valence-corrected chi connectivity index (χ2v) is 16.2. The van der Waals surface area contributed by atoms with Gasteiger partial charge in [0.05, 0.1) is 10.9 Å². The van der Waals surface area contributed by atoms with Gasteiger partial charge in [0.1, 0.15) is 18.0 Å². The van der Waals surface area contributed by atoms with E-state index in [4.69, 9.17) is 21.1 Å². The number of halogens is 1. The van der Waals surface area contributed by atoms with Crippen molar-refractivity contribution >= 4 is 39.1 Å². The third-order valence-electron chi connectivity index (χ3n) is 10.4. The summed E-state index contributed by atoms with van der Waals surface area (Å²) < 4.78 is 41.3. The fourth-order valence-electron chi connectivity index (χ4n) is 7.14. The van der Waals surface area contributed by atoms with E-state index in [1.807, 2.05) is 18.2 Å². The highest BCUT2D eigenvalue weighted by molar-refractivity contribution is 7.90. The lowest BCUT2D eigenvalue weighted by atomic mass is 9.62. The lowest BCUT2D eigenvalue weighted by Gasteiger charge is -2.50. The molecule has 1 saturated carbocycles. The zero-order valence-corrected chi connectivity index (χ0v) is 30.0. The van der Waals surface area contributed by atoms with E-state index < -0.39 is 38.8 Å². The summed E-state index contributed by atoms with van der Waals surface area (Å²) in [4.78, 5) is 30.5. The fraction of sp³-hybridized carbons (Fsp3) is 0.556. The summed E-state index contributed by atoms with van der Waals surface area (Å²) in [5.74, 6) is -1.22. The van der Waals surface area contributed by atoms with Crippen molar-refractivity contribution in [2.75, 3.05) is 39.2 Å². The normalized spacial score (nSPS) is 29.0. The molecule has 2 aliphatic heterocycles. The standard InChI is InChI=1S/C36H48ClN3O7S/c1-23-9-8-17-36(43,33(46-5)35(42)39(3)4)30-15-12-27(30)21-40-18-7-6-10-25-19-29(37)14-11-28(25)22-47-32-16-13-26(20-31(32)40)34(41)38-48(44,45)24(23)2/h8,11,13-14,16-17,19-20,23-24,27,30,33,43H,6-7,9-10,12,15,18,21-22H2,1-5H3,(H,38,41)/b17-8+/t23-,24+,27-,30+,33-,36-/m0/s1. The Morgan fingerprint density at radius 3 is 2.60 bits per heavy atom. The first kappa shape index (κ1) is 36.2. The smallest absolute Gasteiger partial charge is 0.264 e. The molecule has 2 aromatic carbocycles. The molecule has 1 fully saturated rings. The molecule has 0 spiro atoms. The number of carbonyl (C=O) groups excluding carboxylic acids is 2. The fourth-order valence-corrected chi connectivity index (χ4v) is 8.62. The van der Waals surface area contributed by atoms with Crippen LogP contribution in [-0.4, -0.2) is 81.5 Å². The first-order valence-corrected chi connectivity index (χ1v) is 18.7. The lowest BCUT2D eigenvalue weighted by molar-refractivity contribution is -0.168. The number of methoxy groups -OCH3 is 1. The van der Waals surface area contributed by atoms with Crippen LogP contribution in [-0.2, 0) is 32.6 Å². The van der Waals surface area contributed by atoms with Crippen molar-refractivity contribution in [2.24, 2.45) is 17.8 Å². The molecule has 12 heteroatoms. The first-order chi connectivity index (χ1) is 22.7. The predicted octanol–water partition coefficient (Wildman–Crippen LogP) is 4.97. The number of likely N-dealkylation sites (N-methyl/N-ethyl adjacent to an activating group) is 1. The molecule has 2 aromatic rings. The maximum absolute atomic E-state index is 13.5. The molecule has 3 aliphatic rings. The third kappa shape index (κ3) is 7.54. The van der Waals surface area contributed by atoms with Gasteiger partial charge in [-0.25, -0.2) is 13.1 Å². The van der Waals surface area contributed by atoms with Crippen LogP contribution in [0.3, 0.4) is 0 Å². The van der Waals surface area contributed by atoms with Crippen LogP contribution in [0.15, 0.2) is 48.6 Å². The Bertz CT molecular complexity index is 1650. The Kier molecular flexibility index (Phi) is 11.1. The van der Waals surface area contributed by atoms with Crippen LogP contribution in [0.25, 0.3) is 0 Å². The molecule has 0 aromatic heterocycles. The third-order valence-corrected chi connectivity index (χ3v) is 12.6. The Morgan fingerprint density at radius 1 is 1.15 bits per heavy atom. The van der Waals surface area contributed by atoms with Gasteiger partial charge in [-0.1, -0.05) is 36.7 Å². The summed E-state index contributed by atoms with van der Waals surface area (Å²) in [6.45, 7) is 4.80. The number of sulfonamides is 1. The maximum Gasteiger partial charge on any atom is 0.264 e. The minimum absolute atomic E-state index is 0.0108. The van der Waals surface area contributed by atoms with Crippen molar-refractivity contribution in [1.29, 1.82) is 0 Å². The summed E-state index contributed by atoms with van der Waals surface area (Å²) >= 11 is 6.34. The zero-order valence-electron chi connectivity index (χ0n) is 28.4. The Morgan fingerprint density at radius 2 is 1.92 bits per heavy atom. The van der Waals surface area contributed by atoms with Crippen LogP contribution < -0.4 is 14.4 Å². The highest BCUT2D eigenvalue weighted by atomic mass is 35.5. The van der Waals surface area contributed by atoms with Crippen molar-refractivity contribution < 1.29 is 32.6 Å². The largest absolute Gasteiger partial charge is 0.487 e. The topological polar surface area (TPSA) is 125 Å². The summed E-state index contributed by atoms with van der Waals surface area (Å²) in [5, 5.41) is 12.2. The van der Waals surface area contributed by atoms with E-state index >= 15 is 0 Å². The Hall–Kier alpha value is -3.12. The van der Waals surface area contributed by atoms with Crippen molar-refractivity contribution in [3.05, 3.63) is 70.3 Å². The van der Waals surface area contributed by atoms with Gasteiger partial charge >= 0.3 is 0 Å². The number of allylic oxidation sites excluding steroid dienone is 1. The quantitative estimate of drug-likeness (QED) is 0.430. The van der Waals surface area contributed by atoms with E-state index in [1.54, 1.807) is 58.3 Å². The molecule has 1 aliphatic carbocycles. The summed E-state index contributed by atoms with van der Waals surface area (Å²) in [7, 11) is 0.638. The molecule has 2 heterocycles. The van der Waals surface area contributed by atoms with Gasteiger partial charge in [-0.05, 0) is 105 Å². The van der Waals surface area contributed by atoms with Gasteiger partial charge < -0.3 is 24.4 Å². The van der Waals surface area contributed by atoms with Gasteiger partial charge in [0, 0.05) is 44.9 Å². The highest BCUT2D eigenvalue weighted by Gasteiger charge is 2.53. The van der Waals surface area contributed by atoms with Crippen LogP contribution >= 0.6 is 11.6 Å². The molecule has 6 atom stereocenters. The number of aliphatic hydroxyl groups is 1. The average Bonchev–Trinajstić information content (AvgIpc) is 3.05. The monoisotopic (exact) mass is 701 g/mol.